The molecule has 34 heavy (non-hydrogen) atoms. The molecule has 5 heteroatoms. The Morgan fingerprint density at radius 3 is 2.15 bits per heavy atom. The van der Waals surface area contributed by atoms with Crippen molar-refractivity contribution in [2.75, 3.05) is 0 Å². The first-order chi connectivity index (χ1) is 14.6. The van der Waals surface area contributed by atoms with Gasteiger partial charge in [-0.1, -0.05) is 53.0 Å². The van der Waals surface area contributed by atoms with Gasteiger partial charge in [-0.15, -0.1) is 29.7 Å². The number of aromatic nitrogens is 3. The molecule has 2 radical (unpaired) electrons. The monoisotopic (exact) mass is 705 g/mol. The molecule has 3 aromatic heterocycles. The fourth-order valence-corrected chi connectivity index (χ4v) is 4.70. The third kappa shape index (κ3) is 5.46. The van der Waals surface area contributed by atoms with Crippen molar-refractivity contribution in [1.29, 1.82) is 0 Å². The van der Waals surface area contributed by atoms with E-state index in [0.717, 1.165) is 35.0 Å². The normalized spacial score (nSPS) is 11.9. The molecule has 0 amide bonds. The average molecular weight is 705 g/mol. The van der Waals surface area contributed by atoms with Gasteiger partial charge in [0.2, 0.25) is 0 Å². The Morgan fingerprint density at radius 1 is 0.853 bits per heavy atom. The van der Waals surface area contributed by atoms with E-state index in [1.807, 2.05) is 24.4 Å². The predicted molar refractivity (Wildman–Crippen MR) is 137 cm³/mol. The third-order valence-electron chi connectivity index (χ3n) is 5.79. The molecule has 0 unspecified atom stereocenters. The van der Waals surface area contributed by atoms with E-state index in [9.17, 15) is 0 Å². The molecule has 2 aromatic carbocycles. The second-order valence-corrected chi connectivity index (χ2v) is 11.2. The molecule has 0 aliphatic carbocycles. The summed E-state index contributed by atoms with van der Waals surface area (Å²) >= 11 is 0. The summed E-state index contributed by atoms with van der Waals surface area (Å²) in [6, 6.07) is 18.5. The Labute approximate surface area is 242 Å². The molecule has 0 spiro atoms. The quantitative estimate of drug-likeness (QED) is 0.140. The smallest absolute Gasteiger partial charge is 0.155 e. The minimum absolute atomic E-state index is 0. The standard InChI is InChI=1S/C28H30N3.CH3.Ir.Y/c1-27(2,3)16-18-14-22-20-10-7-8-11-21(20)25-30-23-12-9-13-29-26(23)31(25)24(22)15-19(18)17-28(4,5)6;;;/h7-10,12-15H,16-17H2,1-6H3;1H3;;/q2*-1;;. The molecule has 0 bridgehead atoms. The zero-order valence-corrected chi connectivity index (χ0v) is 26.5. The Morgan fingerprint density at radius 2 is 1.50 bits per heavy atom. The van der Waals surface area contributed by atoms with Crippen molar-refractivity contribution in [2.45, 2.75) is 54.4 Å². The van der Waals surface area contributed by atoms with Gasteiger partial charge in [0, 0.05) is 64.5 Å². The fourth-order valence-electron chi connectivity index (χ4n) is 4.70. The molecule has 0 N–H and O–H groups in total. The summed E-state index contributed by atoms with van der Waals surface area (Å²) < 4.78 is 2.23. The molecule has 5 aromatic rings. The number of hydrogen-bond donors (Lipinski definition) is 0. The minimum atomic E-state index is 0. The first kappa shape index (κ1) is 29.0. The molecule has 5 rings (SSSR count). The van der Waals surface area contributed by atoms with Gasteiger partial charge in [-0.25, -0.2) is 4.98 Å². The number of nitrogens with zero attached hydrogens (tertiary/aromatic N) is 3. The van der Waals surface area contributed by atoms with E-state index in [-0.39, 0.29) is 71.1 Å². The number of fused-ring (bicyclic) bond motifs is 8. The zero-order chi connectivity index (χ0) is 22.0. The van der Waals surface area contributed by atoms with Crippen LogP contribution >= 0.6 is 0 Å². The molecule has 0 fully saturated rings. The molecule has 0 atom stereocenters. The van der Waals surface area contributed by atoms with Crippen molar-refractivity contribution in [3.8, 4) is 0 Å². The van der Waals surface area contributed by atoms with E-state index in [0.29, 0.717) is 0 Å². The maximum Gasteiger partial charge on any atom is 0.155 e. The average Bonchev–Trinajstić information content (AvgIpc) is 3.07. The molecule has 0 saturated carbocycles. The molecular weight excluding hydrogens is 671 g/mol. The van der Waals surface area contributed by atoms with E-state index in [1.165, 1.54) is 27.4 Å². The van der Waals surface area contributed by atoms with Crippen LogP contribution in [0.1, 0.15) is 52.7 Å². The Kier molecular flexibility index (Phi) is 8.91. The second-order valence-electron chi connectivity index (χ2n) is 11.2. The van der Waals surface area contributed by atoms with E-state index >= 15 is 0 Å². The van der Waals surface area contributed by atoms with Gasteiger partial charge in [-0.05, 0) is 58.4 Å². The van der Waals surface area contributed by atoms with Crippen molar-refractivity contribution < 1.29 is 52.8 Å². The van der Waals surface area contributed by atoms with Gasteiger partial charge < -0.3 is 11.8 Å². The molecule has 178 valence electrons. The van der Waals surface area contributed by atoms with Gasteiger partial charge in [0.25, 0.3) is 0 Å². The van der Waals surface area contributed by atoms with Crippen LogP contribution in [-0.2, 0) is 65.7 Å². The summed E-state index contributed by atoms with van der Waals surface area (Å²) in [5, 5.41) is 3.51. The first-order valence-electron chi connectivity index (χ1n) is 11.1. The van der Waals surface area contributed by atoms with Gasteiger partial charge in [-0.3, -0.25) is 4.98 Å². The van der Waals surface area contributed by atoms with Gasteiger partial charge in [-0.2, -0.15) is 0 Å². The van der Waals surface area contributed by atoms with Crippen molar-refractivity contribution >= 4 is 38.5 Å². The van der Waals surface area contributed by atoms with Crippen LogP contribution in [0.4, 0.5) is 0 Å². The van der Waals surface area contributed by atoms with Gasteiger partial charge >= 0.3 is 0 Å². The molecule has 0 aliphatic rings. The van der Waals surface area contributed by atoms with E-state index in [2.05, 4.69) is 76.3 Å². The number of imidazole rings is 1. The Balaban J connectivity index is 0.00000136. The van der Waals surface area contributed by atoms with Crippen LogP contribution in [0.2, 0.25) is 0 Å². The largest absolute Gasteiger partial charge is 0.358 e. The fraction of sp³-hybridized carbons (Fsp3) is 0.345. The molecule has 0 aliphatic heterocycles. The molecule has 0 saturated heterocycles. The molecule has 3 nitrogen and oxygen atoms in total. The van der Waals surface area contributed by atoms with Crippen LogP contribution in [0.25, 0.3) is 38.5 Å². The van der Waals surface area contributed by atoms with Crippen LogP contribution in [0.3, 0.4) is 0 Å². The first-order valence-corrected chi connectivity index (χ1v) is 11.1. The van der Waals surface area contributed by atoms with Crippen molar-refractivity contribution in [1.82, 2.24) is 14.4 Å². The number of pyridine rings is 2. The van der Waals surface area contributed by atoms with Crippen molar-refractivity contribution in [3.63, 3.8) is 0 Å². The molecule has 3 heterocycles. The third-order valence-corrected chi connectivity index (χ3v) is 5.79. The van der Waals surface area contributed by atoms with E-state index < -0.39 is 0 Å². The van der Waals surface area contributed by atoms with Gasteiger partial charge in [0.1, 0.15) is 0 Å². The van der Waals surface area contributed by atoms with Crippen LogP contribution in [0.15, 0.2) is 48.7 Å². The predicted octanol–water partition coefficient (Wildman–Crippen LogP) is 7.61. The number of benzene rings is 2. The Hall–Kier alpha value is -1.19. The zero-order valence-electron chi connectivity index (χ0n) is 21.3. The topological polar surface area (TPSA) is 30.2 Å². The number of rotatable bonds is 2. The number of hydrogen-bond acceptors (Lipinski definition) is 2. The van der Waals surface area contributed by atoms with Crippen LogP contribution in [-0.4, -0.2) is 14.4 Å². The summed E-state index contributed by atoms with van der Waals surface area (Å²) in [6.45, 7) is 13.9. The maximum absolute atomic E-state index is 4.95. The summed E-state index contributed by atoms with van der Waals surface area (Å²) in [6.07, 6.45) is 3.94. The van der Waals surface area contributed by atoms with Gasteiger partial charge in [0.05, 0.1) is 11.2 Å². The summed E-state index contributed by atoms with van der Waals surface area (Å²) in [5.74, 6) is 0. The van der Waals surface area contributed by atoms with E-state index in [1.54, 1.807) is 0 Å². The van der Waals surface area contributed by atoms with Crippen LogP contribution < -0.4 is 0 Å². The SMILES string of the molecule is CC(C)(C)Cc1cc2c3ccc[c-]c3c3nc4cccnc4n3c2cc1CC(C)(C)C.[CH3-].[Ir].[Y]. The molecular formula is C29H33IrN3Y-2. The second kappa shape index (κ2) is 10.4. The van der Waals surface area contributed by atoms with Crippen LogP contribution in [0, 0.1) is 24.3 Å². The van der Waals surface area contributed by atoms with E-state index in [4.69, 9.17) is 9.97 Å². The maximum atomic E-state index is 4.95. The van der Waals surface area contributed by atoms with Crippen molar-refractivity contribution in [3.05, 3.63) is 73.3 Å². The summed E-state index contributed by atoms with van der Waals surface area (Å²) in [4.78, 5) is 9.65. The van der Waals surface area contributed by atoms with Crippen molar-refractivity contribution in [2.24, 2.45) is 10.8 Å². The Bertz CT molecular complexity index is 1460. The summed E-state index contributed by atoms with van der Waals surface area (Å²) in [5.41, 5.74) is 7.23. The van der Waals surface area contributed by atoms with Gasteiger partial charge in [0.15, 0.2) is 5.65 Å². The summed E-state index contributed by atoms with van der Waals surface area (Å²) in [7, 11) is 0. The minimum Gasteiger partial charge on any atom is -0.358 e. The van der Waals surface area contributed by atoms with Crippen LogP contribution in [0.5, 0.6) is 0 Å².